The molecule has 0 saturated heterocycles. The zero-order valence-corrected chi connectivity index (χ0v) is 14.1. The van der Waals surface area contributed by atoms with Crippen LogP contribution < -0.4 is 4.72 Å². The van der Waals surface area contributed by atoms with E-state index < -0.39 is 16.0 Å². The summed E-state index contributed by atoms with van der Waals surface area (Å²) in [6, 6.07) is 1.63. The quantitative estimate of drug-likeness (QED) is 0.840. The first kappa shape index (κ1) is 15.9. The van der Waals surface area contributed by atoms with Gasteiger partial charge in [0.25, 0.3) is 10.0 Å². The Morgan fingerprint density at radius 3 is 2.71 bits per heavy atom. The minimum Gasteiger partial charge on any atom is -0.469 e. The van der Waals surface area contributed by atoms with Crippen molar-refractivity contribution in [3.63, 3.8) is 0 Å². The van der Waals surface area contributed by atoms with Gasteiger partial charge in [0, 0.05) is 15.1 Å². The number of thiazole rings is 1. The normalized spacial score (nSPS) is 11.4. The number of anilines is 1. The Bertz CT molecular complexity index is 761. The molecule has 2 aromatic heterocycles. The fourth-order valence-corrected chi connectivity index (χ4v) is 5.22. The van der Waals surface area contributed by atoms with E-state index in [4.69, 9.17) is 0 Å². The third-order valence-corrected chi connectivity index (χ3v) is 6.11. The third kappa shape index (κ3) is 3.80. The van der Waals surface area contributed by atoms with E-state index in [2.05, 4.69) is 14.4 Å². The molecule has 2 aromatic rings. The van der Waals surface area contributed by atoms with Crippen molar-refractivity contribution in [1.29, 1.82) is 0 Å². The number of rotatable bonds is 5. The zero-order chi connectivity index (χ0) is 15.6. The molecule has 0 aromatic carbocycles. The van der Waals surface area contributed by atoms with Gasteiger partial charge in [0.1, 0.15) is 4.90 Å². The molecule has 0 spiro atoms. The predicted octanol–water partition coefficient (Wildman–Crippen LogP) is 2.34. The summed E-state index contributed by atoms with van der Waals surface area (Å²) in [5.41, 5.74) is 0.475. The summed E-state index contributed by atoms with van der Waals surface area (Å²) in [5, 5.41) is 1.86. The Kier molecular flexibility index (Phi) is 4.64. The lowest BCUT2D eigenvalue weighted by atomic mass is 10.3. The summed E-state index contributed by atoms with van der Waals surface area (Å²) < 4.78 is 31.6. The third-order valence-electron chi connectivity index (χ3n) is 2.61. The van der Waals surface area contributed by atoms with E-state index >= 15 is 0 Å². The number of thiophene rings is 1. The maximum Gasteiger partial charge on any atom is 0.311 e. The van der Waals surface area contributed by atoms with Gasteiger partial charge >= 0.3 is 5.97 Å². The average Bonchev–Trinajstić information content (AvgIpc) is 2.95. The summed E-state index contributed by atoms with van der Waals surface area (Å²) in [5.74, 6) is -0.418. The molecule has 2 rings (SSSR count). The Morgan fingerprint density at radius 2 is 2.14 bits per heavy atom. The molecule has 6 nitrogen and oxygen atoms in total. The number of methoxy groups -OCH3 is 1. The van der Waals surface area contributed by atoms with Gasteiger partial charge in [-0.15, -0.1) is 22.7 Å². The number of sulfonamides is 1. The van der Waals surface area contributed by atoms with Crippen molar-refractivity contribution in [2.75, 3.05) is 11.8 Å². The molecule has 0 amide bonds. The van der Waals surface area contributed by atoms with Gasteiger partial charge in [-0.05, 0) is 19.9 Å². The molecule has 0 aliphatic heterocycles. The lowest BCUT2D eigenvalue weighted by Crippen LogP contribution is -2.13. The van der Waals surface area contributed by atoms with Crippen LogP contribution in [0.15, 0.2) is 16.3 Å². The molecular weight excluding hydrogens is 332 g/mol. The molecule has 0 fully saturated rings. The number of nitrogens with one attached hydrogen (secondary N) is 1. The van der Waals surface area contributed by atoms with Crippen LogP contribution in [0.4, 0.5) is 5.13 Å². The predicted molar refractivity (Wildman–Crippen MR) is 82.4 cm³/mol. The molecule has 0 aliphatic carbocycles. The monoisotopic (exact) mass is 346 g/mol. The summed E-state index contributed by atoms with van der Waals surface area (Å²) in [4.78, 5) is 17.1. The summed E-state index contributed by atoms with van der Waals surface area (Å²) in [6.45, 7) is 3.62. The van der Waals surface area contributed by atoms with Crippen LogP contribution in [0, 0.1) is 13.8 Å². The van der Waals surface area contributed by atoms with Crippen molar-refractivity contribution in [1.82, 2.24) is 4.98 Å². The van der Waals surface area contributed by atoms with Gasteiger partial charge in [0.2, 0.25) is 0 Å². The molecule has 1 N–H and O–H groups in total. The van der Waals surface area contributed by atoms with Crippen LogP contribution in [0.3, 0.4) is 0 Å². The average molecular weight is 346 g/mol. The highest BCUT2D eigenvalue weighted by Crippen LogP contribution is 2.27. The smallest absolute Gasteiger partial charge is 0.311 e. The van der Waals surface area contributed by atoms with E-state index in [1.807, 2.05) is 6.92 Å². The number of aryl methyl sites for hydroxylation is 2. The van der Waals surface area contributed by atoms with E-state index in [0.29, 0.717) is 5.69 Å². The van der Waals surface area contributed by atoms with Gasteiger partial charge < -0.3 is 4.74 Å². The van der Waals surface area contributed by atoms with Crippen LogP contribution in [-0.2, 0) is 26.0 Å². The highest BCUT2D eigenvalue weighted by Gasteiger charge is 2.20. The molecule has 0 aliphatic rings. The molecule has 0 saturated carbocycles. The second-order valence-corrected chi connectivity index (χ2v) is 8.25. The second-order valence-electron chi connectivity index (χ2n) is 4.28. The fourth-order valence-electron chi connectivity index (χ4n) is 1.70. The number of esters is 1. The molecule has 0 atom stereocenters. The number of carbonyl (C=O) groups excluding carboxylic acids is 1. The van der Waals surface area contributed by atoms with Crippen LogP contribution in [0.2, 0.25) is 0 Å². The molecule has 9 heteroatoms. The topological polar surface area (TPSA) is 85.4 Å². The number of nitrogens with zero attached hydrogens (tertiary/aromatic N) is 1. The number of hydrogen-bond acceptors (Lipinski definition) is 7. The summed E-state index contributed by atoms with van der Waals surface area (Å²) >= 11 is 2.56. The molecular formula is C12H14N2O4S3. The van der Waals surface area contributed by atoms with E-state index in [1.165, 1.54) is 18.4 Å². The molecule has 0 radical (unpaired) electrons. The van der Waals surface area contributed by atoms with Crippen molar-refractivity contribution >= 4 is 43.8 Å². The number of aromatic nitrogens is 1. The SMILES string of the molecule is COC(=O)Cc1csc(NS(=O)(=O)c2cc(C)sc2C)n1. The van der Waals surface area contributed by atoms with Crippen molar-refractivity contribution in [3.8, 4) is 0 Å². The Balaban J connectivity index is 2.18. The first-order chi connectivity index (χ1) is 9.81. The minimum absolute atomic E-state index is 0.0192. The fraction of sp³-hybridized carbons (Fsp3) is 0.333. The van der Waals surface area contributed by atoms with Gasteiger partial charge in [0.15, 0.2) is 5.13 Å². The first-order valence-corrected chi connectivity index (χ1v) is 9.11. The van der Waals surface area contributed by atoms with E-state index in [9.17, 15) is 13.2 Å². The van der Waals surface area contributed by atoms with Gasteiger partial charge in [-0.1, -0.05) is 0 Å². The van der Waals surface area contributed by atoms with Crippen molar-refractivity contribution < 1.29 is 17.9 Å². The molecule has 2 heterocycles. The van der Waals surface area contributed by atoms with E-state index in [1.54, 1.807) is 18.4 Å². The maximum atomic E-state index is 12.3. The van der Waals surface area contributed by atoms with Crippen molar-refractivity contribution in [2.24, 2.45) is 0 Å². The van der Waals surface area contributed by atoms with Crippen LogP contribution in [0.5, 0.6) is 0 Å². The zero-order valence-electron chi connectivity index (χ0n) is 11.7. The lowest BCUT2D eigenvalue weighted by Gasteiger charge is -2.03. The van der Waals surface area contributed by atoms with E-state index in [-0.39, 0.29) is 16.4 Å². The molecule has 0 unspecified atom stereocenters. The van der Waals surface area contributed by atoms with Gasteiger partial charge in [-0.2, -0.15) is 0 Å². The van der Waals surface area contributed by atoms with Crippen LogP contribution in [0.1, 0.15) is 15.4 Å². The molecule has 21 heavy (non-hydrogen) atoms. The molecule has 0 bridgehead atoms. The summed E-state index contributed by atoms with van der Waals surface area (Å²) in [6.07, 6.45) is 0.0192. The number of ether oxygens (including phenoxy) is 1. The van der Waals surface area contributed by atoms with E-state index in [0.717, 1.165) is 21.1 Å². The Morgan fingerprint density at radius 1 is 1.43 bits per heavy atom. The second kappa shape index (κ2) is 6.12. The largest absolute Gasteiger partial charge is 0.469 e. The van der Waals surface area contributed by atoms with Crippen LogP contribution in [-0.4, -0.2) is 26.5 Å². The Labute approximate surface area is 130 Å². The molecule has 114 valence electrons. The van der Waals surface area contributed by atoms with Crippen molar-refractivity contribution in [3.05, 3.63) is 26.9 Å². The lowest BCUT2D eigenvalue weighted by molar-refractivity contribution is -0.139. The first-order valence-electron chi connectivity index (χ1n) is 5.93. The highest BCUT2D eigenvalue weighted by atomic mass is 32.2. The van der Waals surface area contributed by atoms with Crippen molar-refractivity contribution in [2.45, 2.75) is 25.2 Å². The Hall–Kier alpha value is -1.45. The van der Waals surface area contributed by atoms with Crippen LogP contribution in [0.25, 0.3) is 0 Å². The summed E-state index contributed by atoms with van der Waals surface area (Å²) in [7, 11) is -2.36. The standard InChI is InChI=1S/C12H14N2O4S3/c1-7-4-10(8(2)20-7)21(16,17)14-12-13-9(6-19-12)5-11(15)18-3/h4,6H,5H2,1-3H3,(H,13,14). The highest BCUT2D eigenvalue weighted by molar-refractivity contribution is 7.93. The number of hydrogen-bond donors (Lipinski definition) is 1. The number of carbonyl (C=O) groups is 1. The van der Waals surface area contributed by atoms with Crippen LogP contribution >= 0.6 is 22.7 Å². The van der Waals surface area contributed by atoms with Gasteiger partial charge in [0.05, 0.1) is 19.2 Å². The van der Waals surface area contributed by atoms with Gasteiger partial charge in [-0.25, -0.2) is 13.4 Å². The van der Waals surface area contributed by atoms with Gasteiger partial charge in [-0.3, -0.25) is 9.52 Å². The maximum absolute atomic E-state index is 12.3. The minimum atomic E-state index is -3.65.